The highest BCUT2D eigenvalue weighted by molar-refractivity contribution is 5.78. The van der Waals surface area contributed by atoms with Crippen molar-refractivity contribution in [1.29, 1.82) is 0 Å². The lowest BCUT2D eigenvalue weighted by molar-refractivity contribution is -0.158. The van der Waals surface area contributed by atoms with Crippen molar-refractivity contribution in [3.63, 3.8) is 0 Å². The molecule has 0 bridgehead atoms. The minimum absolute atomic E-state index is 0.0202. The highest BCUT2D eigenvalue weighted by atomic mass is 16.6. The third-order valence-electron chi connectivity index (χ3n) is 12.1. The number of hydrogen-bond donors (Lipinski definition) is 3. The zero-order valence-corrected chi connectivity index (χ0v) is 58.8. The van der Waals surface area contributed by atoms with Crippen molar-refractivity contribution < 1.29 is 66.8 Å². The molecule has 0 radical (unpaired) electrons. The second-order valence-electron chi connectivity index (χ2n) is 28.2. The Kier molecular flexibility index (Phi) is 40.2. The van der Waals surface area contributed by atoms with E-state index in [0.29, 0.717) is 124 Å². The first-order valence-corrected chi connectivity index (χ1v) is 31.6. The second-order valence-corrected chi connectivity index (χ2v) is 28.2. The van der Waals surface area contributed by atoms with Crippen LogP contribution in [0.3, 0.4) is 0 Å². The molecule has 30 heteroatoms. The molecule has 0 aliphatic carbocycles. The zero-order valence-electron chi connectivity index (χ0n) is 58.8. The third-order valence-corrected chi connectivity index (χ3v) is 12.1. The molecule has 2 saturated heterocycles. The van der Waals surface area contributed by atoms with Crippen molar-refractivity contribution in [2.75, 3.05) is 177 Å². The summed E-state index contributed by atoms with van der Waals surface area (Å²) < 4.78 is 33.3. The molecule has 3 N–H and O–H groups in total. The number of amides is 2. The van der Waals surface area contributed by atoms with Gasteiger partial charge in [0.15, 0.2) is 0 Å². The number of ether oxygens (including phenoxy) is 6. The van der Waals surface area contributed by atoms with E-state index < -0.39 is 33.6 Å². The number of hydrogen-bond acceptors (Lipinski definition) is 24. The fourth-order valence-corrected chi connectivity index (χ4v) is 8.49. The molecule has 0 spiro atoms. The first kappa shape index (κ1) is 85.1. The largest absolute Gasteiger partial charge is 0.459 e. The van der Waals surface area contributed by atoms with Gasteiger partial charge in [-0.3, -0.25) is 72.7 Å². The number of carbonyl (C=O) groups excluding carboxylic acids is 8. The van der Waals surface area contributed by atoms with Gasteiger partial charge in [-0.15, -0.1) is 0 Å². The SMILES string of the molecule is CC(C)(C)OC(=O)CN1CCN(CC(=O)NCCN=[N+]=[N-])CCN(CC(=O)OC(C)(C)C)CCN(CC(=O)OC(C)(C)C)CC1.CC(C)(C)OC(=O)CN1CCNCCN(CC(=O)OC(C)(C)C)CCN(CC(=O)OC(C)(C)C)CC1.CCC(=O)NCCN=[N+]=[N-]. The van der Waals surface area contributed by atoms with Crippen molar-refractivity contribution >= 4 is 47.6 Å². The summed E-state index contributed by atoms with van der Waals surface area (Å²) in [6.07, 6.45) is 0.469. The lowest BCUT2D eigenvalue weighted by Crippen LogP contribution is -2.50. The van der Waals surface area contributed by atoms with E-state index in [1.54, 1.807) is 6.92 Å². The van der Waals surface area contributed by atoms with Crippen molar-refractivity contribution in [1.82, 2.24) is 50.2 Å². The summed E-state index contributed by atoms with van der Waals surface area (Å²) in [4.78, 5) is 118. The van der Waals surface area contributed by atoms with Crippen LogP contribution in [0.2, 0.25) is 0 Å². The van der Waals surface area contributed by atoms with Gasteiger partial charge in [0, 0.05) is 147 Å². The van der Waals surface area contributed by atoms with Gasteiger partial charge in [-0.1, -0.05) is 17.2 Å². The number of carbonyl (C=O) groups is 8. The summed E-state index contributed by atoms with van der Waals surface area (Å²) in [7, 11) is 0. The lowest BCUT2D eigenvalue weighted by Gasteiger charge is -2.34. The maximum Gasteiger partial charge on any atom is 0.320 e. The van der Waals surface area contributed by atoms with E-state index in [2.05, 4.69) is 36.0 Å². The molecule has 0 aromatic heterocycles. The van der Waals surface area contributed by atoms with Gasteiger partial charge in [-0.05, 0) is 136 Å². The molecule has 0 aromatic carbocycles. The maximum atomic E-state index is 12.8. The molecule has 0 aromatic rings. The predicted molar refractivity (Wildman–Crippen MR) is 347 cm³/mol. The van der Waals surface area contributed by atoms with Gasteiger partial charge in [-0.2, -0.15) is 0 Å². The Morgan fingerprint density at radius 3 is 0.747 bits per heavy atom. The molecule has 2 rings (SSSR count). The van der Waals surface area contributed by atoms with E-state index in [1.165, 1.54) is 0 Å². The van der Waals surface area contributed by atoms with Crippen LogP contribution in [0.4, 0.5) is 0 Å². The van der Waals surface area contributed by atoms with E-state index in [-0.39, 0.29) is 107 Å². The monoisotopic (exact) mass is 1300 g/mol. The van der Waals surface area contributed by atoms with Gasteiger partial charge in [-0.25, -0.2) is 0 Å². The summed E-state index contributed by atoms with van der Waals surface area (Å²) >= 11 is 0. The van der Waals surface area contributed by atoms with Crippen LogP contribution >= 0.6 is 0 Å². The smallest absolute Gasteiger partial charge is 0.320 e. The summed E-state index contributed by atoms with van der Waals surface area (Å²) in [5.41, 5.74) is 12.8. The highest BCUT2D eigenvalue weighted by Gasteiger charge is 2.28. The summed E-state index contributed by atoms with van der Waals surface area (Å²) in [5.74, 6) is -2.16. The van der Waals surface area contributed by atoms with Crippen LogP contribution < -0.4 is 16.0 Å². The Morgan fingerprint density at radius 1 is 0.352 bits per heavy atom. The summed E-state index contributed by atoms with van der Waals surface area (Å²) in [6, 6.07) is 0. The Balaban J connectivity index is 0.00000157. The van der Waals surface area contributed by atoms with E-state index >= 15 is 0 Å². The number of rotatable bonds is 21. The topological polar surface area (TPSA) is 348 Å². The molecule has 2 amide bonds. The predicted octanol–water partition coefficient (Wildman–Crippen LogP) is 4.00. The number of nitrogens with zero attached hydrogens (tertiary/aromatic N) is 13. The van der Waals surface area contributed by atoms with Crippen LogP contribution in [0.15, 0.2) is 10.2 Å². The van der Waals surface area contributed by atoms with E-state index in [1.807, 2.05) is 159 Å². The first-order valence-electron chi connectivity index (χ1n) is 31.6. The zero-order chi connectivity index (χ0) is 69.7. The first-order chi connectivity index (χ1) is 42.0. The van der Waals surface area contributed by atoms with Crippen LogP contribution in [0.1, 0.15) is 138 Å². The maximum absolute atomic E-state index is 12.8. The molecule has 30 nitrogen and oxygen atoms in total. The van der Waals surface area contributed by atoms with E-state index in [9.17, 15) is 38.4 Å². The molecular formula is C61H116N16O14. The fraction of sp³-hybridized carbons (Fsp3) is 0.869. The number of azide groups is 2. The molecule has 91 heavy (non-hydrogen) atoms. The lowest BCUT2D eigenvalue weighted by atomic mass is 10.2. The Bertz CT molecular complexity index is 2220. The highest BCUT2D eigenvalue weighted by Crippen LogP contribution is 2.14. The molecular weight excluding hydrogens is 1180 g/mol. The second kappa shape index (κ2) is 43.1. The van der Waals surface area contributed by atoms with Crippen LogP contribution in [-0.4, -0.2) is 292 Å². The Hall–Kier alpha value is -5.94. The number of esters is 6. The normalized spacial score (nSPS) is 16.8. The Morgan fingerprint density at radius 2 is 0.549 bits per heavy atom. The molecule has 0 saturated carbocycles. The molecule has 2 fully saturated rings. The molecule has 0 unspecified atom stereocenters. The van der Waals surface area contributed by atoms with Crippen LogP contribution in [0.5, 0.6) is 0 Å². The van der Waals surface area contributed by atoms with Gasteiger partial charge in [0.25, 0.3) is 0 Å². The third kappa shape index (κ3) is 52.3. The van der Waals surface area contributed by atoms with Gasteiger partial charge in [0.1, 0.15) is 33.6 Å². The van der Waals surface area contributed by atoms with Gasteiger partial charge in [0.2, 0.25) is 11.8 Å². The van der Waals surface area contributed by atoms with Crippen LogP contribution in [0.25, 0.3) is 20.9 Å². The molecule has 524 valence electrons. The molecule has 2 heterocycles. The van der Waals surface area contributed by atoms with Gasteiger partial charge >= 0.3 is 35.8 Å². The van der Waals surface area contributed by atoms with E-state index in [0.717, 1.165) is 0 Å². The molecule has 0 atom stereocenters. The fourth-order valence-electron chi connectivity index (χ4n) is 8.49. The summed E-state index contributed by atoms with van der Waals surface area (Å²) in [6.45, 7) is 45.3. The average molecular weight is 1300 g/mol. The number of nitrogens with one attached hydrogen (secondary N) is 3. The molecule has 2 aliphatic heterocycles. The van der Waals surface area contributed by atoms with Crippen molar-refractivity contribution in [3.8, 4) is 0 Å². The van der Waals surface area contributed by atoms with Crippen LogP contribution in [-0.2, 0) is 66.8 Å². The standard InChI is InChI=1S/C30H56N8O7.C26H50N4O6.C5H10N4O/c1-28(2,3)43-25(40)21-36-14-12-35(20-24(39)32-10-11-33-34-31)13-15-37(22-26(41)44-29(4,5)6)17-19-38(18-16-36)23-27(42)45-30(7,8)9;1-24(2,3)34-21(31)18-28-12-10-27-11-13-29(19-22(32)35-25(4,5)6)15-17-30(16-14-28)20-23(33)36-26(7,8)9;1-2-5(10)7-3-4-8-9-6/h10-23H2,1-9H3,(H,32,39);27H,10-20H2,1-9H3;2-4H2,1H3,(H,7,10). The minimum atomic E-state index is -0.635. The van der Waals surface area contributed by atoms with E-state index in [4.69, 9.17) is 39.5 Å². The van der Waals surface area contributed by atoms with Crippen molar-refractivity contribution in [2.24, 2.45) is 10.2 Å². The van der Waals surface area contributed by atoms with Gasteiger partial charge < -0.3 is 44.4 Å². The minimum Gasteiger partial charge on any atom is -0.459 e. The summed E-state index contributed by atoms with van der Waals surface area (Å²) in [5, 5.41) is 15.4. The quantitative estimate of drug-likeness (QED) is 0.0365. The molecule has 2 aliphatic rings. The van der Waals surface area contributed by atoms with Crippen molar-refractivity contribution in [2.45, 2.75) is 172 Å². The Labute approximate surface area is 542 Å². The van der Waals surface area contributed by atoms with Crippen molar-refractivity contribution in [3.05, 3.63) is 20.9 Å². The van der Waals surface area contributed by atoms with Crippen LogP contribution in [0, 0.1) is 0 Å². The van der Waals surface area contributed by atoms with Gasteiger partial charge in [0.05, 0.1) is 45.8 Å². The average Bonchev–Trinajstić information content (AvgIpc) is 1.86.